The molecule has 0 heterocycles. The van der Waals surface area contributed by atoms with Gasteiger partial charge in [-0.25, -0.2) is 14.0 Å². The summed E-state index contributed by atoms with van der Waals surface area (Å²) in [7, 11) is 0. The normalized spacial score (nSPS) is 10.6. The van der Waals surface area contributed by atoms with Gasteiger partial charge in [0.05, 0.1) is 0 Å². The van der Waals surface area contributed by atoms with E-state index >= 15 is 0 Å². The number of hydrogen-bond acceptors (Lipinski definition) is 6. The largest absolute Gasteiger partial charge is 0.462 e. The van der Waals surface area contributed by atoms with Gasteiger partial charge in [-0.2, -0.15) is 0 Å². The van der Waals surface area contributed by atoms with Gasteiger partial charge in [-0.05, 0) is 42.3 Å². The van der Waals surface area contributed by atoms with Crippen LogP contribution in [0.3, 0.4) is 0 Å². The Labute approximate surface area is 173 Å². The number of carbonyl (C=O) groups is 2. The van der Waals surface area contributed by atoms with Crippen LogP contribution in [0.25, 0.3) is 11.1 Å². The van der Waals surface area contributed by atoms with Gasteiger partial charge in [0.2, 0.25) is 0 Å². The summed E-state index contributed by atoms with van der Waals surface area (Å²) in [4.78, 5) is 22.1. The van der Waals surface area contributed by atoms with Crippen molar-refractivity contribution in [3.63, 3.8) is 0 Å². The zero-order valence-electron chi connectivity index (χ0n) is 16.2. The molecular weight excluding hydrogens is 391 g/mol. The molecule has 0 aliphatic heterocycles. The van der Waals surface area contributed by atoms with E-state index < -0.39 is 17.8 Å². The number of halogens is 1. The molecule has 154 valence electrons. The van der Waals surface area contributed by atoms with Crippen molar-refractivity contribution in [3.05, 3.63) is 98.1 Å². The lowest BCUT2D eigenvalue weighted by atomic mass is 10.1. The second-order valence-electron chi connectivity index (χ2n) is 5.78. The van der Waals surface area contributed by atoms with E-state index in [-0.39, 0.29) is 11.3 Å². The second kappa shape index (κ2) is 11.0. The molecule has 0 fully saturated rings. The molecule has 0 aromatic heterocycles. The minimum Gasteiger partial charge on any atom is -0.462 e. The summed E-state index contributed by atoms with van der Waals surface area (Å²) >= 11 is 0. The molecule has 2 rings (SSSR count). The Morgan fingerprint density at radius 2 is 1.53 bits per heavy atom. The third kappa shape index (κ3) is 6.79. The fraction of sp³-hybridized carbons (Fsp3) is 0.0435. The molecule has 0 aliphatic carbocycles. The minimum atomic E-state index is -0.605. The molecular formula is C23H19FO6. The summed E-state index contributed by atoms with van der Waals surface area (Å²) in [5.74, 6) is -1.31. The summed E-state index contributed by atoms with van der Waals surface area (Å²) < 4.78 is 34.0. The number of ether oxygens (including phenoxy) is 4. The maximum atomic E-state index is 14.3. The third-order valence-corrected chi connectivity index (χ3v) is 3.50. The lowest BCUT2D eigenvalue weighted by Crippen LogP contribution is -1.99. The Morgan fingerprint density at radius 3 is 2.17 bits per heavy atom. The fourth-order valence-electron chi connectivity index (χ4n) is 2.04. The first-order valence-corrected chi connectivity index (χ1v) is 8.63. The molecule has 0 atom stereocenters. The first-order chi connectivity index (χ1) is 14.4. The highest BCUT2D eigenvalue weighted by molar-refractivity contribution is 5.87. The summed E-state index contributed by atoms with van der Waals surface area (Å²) in [6.07, 6.45) is 5.41. The smallest absolute Gasteiger partial charge is 0.338 e. The monoisotopic (exact) mass is 410 g/mol. The van der Waals surface area contributed by atoms with E-state index in [1.807, 2.05) is 0 Å². The van der Waals surface area contributed by atoms with Gasteiger partial charge in [-0.1, -0.05) is 31.4 Å². The van der Waals surface area contributed by atoms with Gasteiger partial charge < -0.3 is 18.9 Å². The molecule has 2 aromatic carbocycles. The van der Waals surface area contributed by atoms with E-state index in [1.54, 1.807) is 30.3 Å². The fourth-order valence-corrected chi connectivity index (χ4v) is 2.04. The predicted octanol–water partition coefficient (Wildman–Crippen LogP) is 5.04. The predicted molar refractivity (Wildman–Crippen MR) is 109 cm³/mol. The number of esters is 2. The van der Waals surface area contributed by atoms with E-state index in [0.717, 1.165) is 30.4 Å². The van der Waals surface area contributed by atoms with Crippen molar-refractivity contribution in [2.75, 3.05) is 0 Å². The van der Waals surface area contributed by atoms with Crippen LogP contribution in [0.5, 0.6) is 11.5 Å². The summed E-state index contributed by atoms with van der Waals surface area (Å²) in [6, 6.07) is 11.3. The number of hydrogen-bond donors (Lipinski definition) is 0. The van der Waals surface area contributed by atoms with Crippen molar-refractivity contribution in [2.45, 2.75) is 6.92 Å². The standard InChI is InChI=1S/C23H19FO6/c1-4-22(25)29-13-11-27-19-8-5-17(6-9-19)18-7-10-21(20(24)15-18)28-12-14-30-23(26)16(2)3/h4-15H,1-2H2,3H3. The van der Waals surface area contributed by atoms with Gasteiger partial charge in [0.25, 0.3) is 0 Å². The minimum absolute atomic E-state index is 0.0273. The highest BCUT2D eigenvalue weighted by atomic mass is 19.1. The van der Waals surface area contributed by atoms with Crippen molar-refractivity contribution in [2.24, 2.45) is 0 Å². The SMILES string of the molecule is C=CC(=O)OC=COc1ccc(-c2ccc(OC=COC(=O)C(=C)C)c(F)c2)cc1. The maximum Gasteiger partial charge on any atom is 0.338 e. The van der Waals surface area contributed by atoms with Crippen molar-refractivity contribution in [1.29, 1.82) is 0 Å². The molecule has 0 radical (unpaired) electrons. The average molecular weight is 410 g/mol. The molecule has 2 aromatic rings. The Balaban J connectivity index is 1.96. The third-order valence-electron chi connectivity index (χ3n) is 3.50. The van der Waals surface area contributed by atoms with Crippen LogP contribution < -0.4 is 9.47 Å². The van der Waals surface area contributed by atoms with Crippen LogP contribution in [0.1, 0.15) is 6.92 Å². The average Bonchev–Trinajstić information content (AvgIpc) is 2.75. The Bertz CT molecular complexity index is 989. The lowest BCUT2D eigenvalue weighted by Gasteiger charge is -2.07. The van der Waals surface area contributed by atoms with E-state index in [1.165, 1.54) is 25.3 Å². The highest BCUT2D eigenvalue weighted by Crippen LogP contribution is 2.27. The molecule has 7 heteroatoms. The first-order valence-electron chi connectivity index (χ1n) is 8.63. The van der Waals surface area contributed by atoms with Gasteiger partial charge in [0, 0.05) is 11.6 Å². The van der Waals surface area contributed by atoms with Gasteiger partial charge in [-0.15, -0.1) is 0 Å². The number of benzene rings is 2. The van der Waals surface area contributed by atoms with E-state index in [9.17, 15) is 14.0 Å². The lowest BCUT2D eigenvalue weighted by molar-refractivity contribution is -0.134. The molecule has 30 heavy (non-hydrogen) atoms. The van der Waals surface area contributed by atoms with E-state index in [2.05, 4.69) is 17.9 Å². The molecule has 0 spiro atoms. The number of rotatable bonds is 9. The van der Waals surface area contributed by atoms with Crippen molar-refractivity contribution >= 4 is 11.9 Å². The van der Waals surface area contributed by atoms with Crippen LogP contribution in [0, 0.1) is 5.82 Å². The maximum absolute atomic E-state index is 14.3. The quantitative estimate of drug-likeness (QED) is 0.328. The van der Waals surface area contributed by atoms with E-state index in [4.69, 9.17) is 14.2 Å². The molecule has 0 saturated heterocycles. The van der Waals surface area contributed by atoms with Gasteiger partial charge >= 0.3 is 11.9 Å². The second-order valence-corrected chi connectivity index (χ2v) is 5.78. The molecule has 0 bridgehead atoms. The summed E-state index contributed by atoms with van der Waals surface area (Å²) in [5, 5.41) is 0. The van der Waals surface area contributed by atoms with Gasteiger partial charge in [0.1, 0.15) is 30.8 Å². The zero-order valence-corrected chi connectivity index (χ0v) is 16.2. The van der Waals surface area contributed by atoms with Crippen LogP contribution >= 0.6 is 0 Å². The Hall–Kier alpha value is -4.13. The molecule has 6 nitrogen and oxygen atoms in total. The highest BCUT2D eigenvalue weighted by Gasteiger charge is 2.06. The molecule has 0 aliphatic rings. The van der Waals surface area contributed by atoms with Crippen molar-refractivity contribution < 1.29 is 32.9 Å². The van der Waals surface area contributed by atoms with Gasteiger partial charge in [0.15, 0.2) is 11.6 Å². The van der Waals surface area contributed by atoms with Crippen molar-refractivity contribution in [3.8, 4) is 22.6 Å². The van der Waals surface area contributed by atoms with Crippen LogP contribution in [0.2, 0.25) is 0 Å². The topological polar surface area (TPSA) is 71.1 Å². The Morgan fingerprint density at radius 1 is 0.900 bits per heavy atom. The molecule has 0 unspecified atom stereocenters. The zero-order chi connectivity index (χ0) is 21.9. The van der Waals surface area contributed by atoms with Crippen LogP contribution in [-0.2, 0) is 19.1 Å². The van der Waals surface area contributed by atoms with Crippen LogP contribution in [0.4, 0.5) is 4.39 Å². The van der Waals surface area contributed by atoms with Gasteiger partial charge in [-0.3, -0.25) is 0 Å². The Kier molecular flexibility index (Phi) is 8.14. The molecule has 0 amide bonds. The summed E-state index contributed by atoms with van der Waals surface area (Å²) in [6.45, 7) is 8.21. The number of carbonyl (C=O) groups excluding carboxylic acids is 2. The van der Waals surface area contributed by atoms with Crippen LogP contribution in [0.15, 0.2) is 92.3 Å². The molecule has 0 N–H and O–H groups in total. The summed E-state index contributed by atoms with van der Waals surface area (Å²) in [5.41, 5.74) is 1.61. The molecule has 0 saturated carbocycles. The van der Waals surface area contributed by atoms with Crippen molar-refractivity contribution in [1.82, 2.24) is 0 Å². The first kappa shape index (κ1) is 22.2. The van der Waals surface area contributed by atoms with E-state index in [0.29, 0.717) is 11.3 Å². The van der Waals surface area contributed by atoms with Crippen LogP contribution in [-0.4, -0.2) is 11.9 Å².